The predicted octanol–water partition coefficient (Wildman–Crippen LogP) is 3.55. The molecule has 0 atom stereocenters. The van der Waals surface area contributed by atoms with Gasteiger partial charge in [0.05, 0.1) is 11.6 Å². The number of hydrogen-bond acceptors (Lipinski definition) is 2. The van der Waals surface area contributed by atoms with Crippen molar-refractivity contribution in [1.29, 1.82) is 0 Å². The van der Waals surface area contributed by atoms with Gasteiger partial charge in [0.2, 0.25) is 0 Å². The van der Waals surface area contributed by atoms with Crippen LogP contribution >= 0.6 is 11.6 Å². The topological polar surface area (TPSA) is 35.2 Å². The van der Waals surface area contributed by atoms with Crippen molar-refractivity contribution in [3.63, 3.8) is 0 Å². The highest BCUT2D eigenvalue weighted by atomic mass is 35.5. The molecule has 1 aliphatic rings. The van der Waals surface area contributed by atoms with Crippen LogP contribution in [0.2, 0.25) is 5.02 Å². The maximum absolute atomic E-state index is 13.4. The Morgan fingerprint density at radius 2 is 2.11 bits per heavy atom. The Morgan fingerprint density at radius 3 is 2.78 bits per heavy atom. The smallest absolute Gasteiger partial charge is 0.141 e. The normalized spacial score (nSPS) is 14.8. The maximum atomic E-state index is 13.4. The number of unbranched alkanes of at least 4 members (excludes halogenated alkanes) is 1. The second-order valence-electron chi connectivity index (χ2n) is 4.88. The summed E-state index contributed by atoms with van der Waals surface area (Å²) in [6, 6.07) is 2.83. The van der Waals surface area contributed by atoms with Gasteiger partial charge in [-0.2, -0.15) is 0 Å². The first kappa shape index (κ1) is 13.6. The number of ether oxygens (including phenoxy) is 1. The molecule has 0 aliphatic heterocycles. The zero-order valence-electron chi connectivity index (χ0n) is 10.4. The van der Waals surface area contributed by atoms with Gasteiger partial charge < -0.3 is 10.5 Å². The van der Waals surface area contributed by atoms with E-state index in [1.807, 2.05) is 0 Å². The Hall–Kier alpha value is -0.800. The Kier molecular flexibility index (Phi) is 4.84. The summed E-state index contributed by atoms with van der Waals surface area (Å²) in [7, 11) is 0. The maximum Gasteiger partial charge on any atom is 0.141 e. The number of halogens is 2. The fourth-order valence-electron chi connectivity index (χ4n) is 1.91. The lowest BCUT2D eigenvalue weighted by molar-refractivity contribution is 0.296. The second-order valence-corrected chi connectivity index (χ2v) is 5.28. The molecule has 1 aromatic carbocycles. The lowest BCUT2D eigenvalue weighted by Crippen LogP contribution is -2.04. The minimum Gasteiger partial charge on any atom is -0.491 e. The van der Waals surface area contributed by atoms with Gasteiger partial charge in [0.15, 0.2) is 0 Å². The van der Waals surface area contributed by atoms with Crippen molar-refractivity contribution in [2.45, 2.75) is 32.1 Å². The van der Waals surface area contributed by atoms with Crippen molar-refractivity contribution >= 4 is 11.6 Å². The molecule has 4 heteroatoms. The zero-order valence-corrected chi connectivity index (χ0v) is 11.2. The number of benzene rings is 1. The minimum absolute atomic E-state index is 0.304. The molecule has 1 fully saturated rings. The van der Waals surface area contributed by atoms with E-state index in [2.05, 4.69) is 0 Å². The first-order chi connectivity index (χ1) is 8.70. The summed E-state index contributed by atoms with van der Waals surface area (Å²) in [4.78, 5) is 0. The average molecular weight is 272 g/mol. The summed E-state index contributed by atoms with van der Waals surface area (Å²) in [5.74, 6) is 1.01. The van der Waals surface area contributed by atoms with Gasteiger partial charge in [-0.15, -0.1) is 0 Å². The number of nitrogens with two attached hydrogens (primary N) is 1. The van der Waals surface area contributed by atoms with E-state index in [9.17, 15) is 4.39 Å². The van der Waals surface area contributed by atoms with Crippen LogP contribution in [0.25, 0.3) is 0 Å². The van der Waals surface area contributed by atoms with Crippen LogP contribution < -0.4 is 10.5 Å². The molecule has 0 heterocycles. The molecule has 0 radical (unpaired) electrons. The monoisotopic (exact) mass is 271 g/mol. The fourth-order valence-corrected chi connectivity index (χ4v) is 2.19. The first-order valence-corrected chi connectivity index (χ1v) is 6.89. The molecule has 100 valence electrons. The summed E-state index contributed by atoms with van der Waals surface area (Å²) in [6.07, 6.45) is 5.06. The molecule has 1 saturated carbocycles. The van der Waals surface area contributed by atoms with Gasteiger partial charge in [0.25, 0.3) is 0 Å². The molecule has 2 N–H and O–H groups in total. The highest BCUT2D eigenvalue weighted by molar-refractivity contribution is 6.32. The molecule has 0 bridgehead atoms. The summed E-state index contributed by atoms with van der Waals surface area (Å²) in [5.41, 5.74) is 6.32. The molecule has 18 heavy (non-hydrogen) atoms. The lowest BCUT2D eigenvalue weighted by atomic mass is 10.1. The third kappa shape index (κ3) is 3.85. The third-order valence-electron chi connectivity index (χ3n) is 3.15. The SMILES string of the molecule is NCCCCc1cc(F)cc(Cl)c1OCC1CC1. The van der Waals surface area contributed by atoms with Gasteiger partial charge in [0.1, 0.15) is 11.6 Å². The van der Waals surface area contributed by atoms with E-state index in [1.165, 1.54) is 25.0 Å². The van der Waals surface area contributed by atoms with E-state index in [0.29, 0.717) is 29.8 Å². The van der Waals surface area contributed by atoms with Crippen molar-refractivity contribution < 1.29 is 9.13 Å². The molecule has 2 rings (SSSR count). The number of aryl methyl sites for hydroxylation is 1. The van der Waals surface area contributed by atoms with E-state index in [0.717, 1.165) is 24.8 Å². The molecule has 0 spiro atoms. The van der Waals surface area contributed by atoms with Crippen LogP contribution in [0.5, 0.6) is 5.75 Å². The van der Waals surface area contributed by atoms with Gasteiger partial charge in [-0.1, -0.05) is 11.6 Å². The molecule has 0 aromatic heterocycles. The van der Waals surface area contributed by atoms with Crippen LogP contribution in [0.4, 0.5) is 4.39 Å². The summed E-state index contributed by atoms with van der Waals surface area (Å²) in [5, 5.41) is 0.374. The lowest BCUT2D eigenvalue weighted by Gasteiger charge is -2.13. The molecule has 1 aromatic rings. The Bertz CT molecular complexity index is 407. The van der Waals surface area contributed by atoms with Crippen molar-refractivity contribution in [2.75, 3.05) is 13.2 Å². The average Bonchev–Trinajstić information content (AvgIpc) is 3.12. The van der Waals surface area contributed by atoms with Crippen LogP contribution in [0.1, 0.15) is 31.2 Å². The first-order valence-electron chi connectivity index (χ1n) is 6.51. The van der Waals surface area contributed by atoms with Crippen molar-refractivity contribution in [1.82, 2.24) is 0 Å². The van der Waals surface area contributed by atoms with Crippen LogP contribution in [-0.2, 0) is 6.42 Å². The Labute approximate surface area is 112 Å². The highest BCUT2D eigenvalue weighted by Gasteiger charge is 2.23. The van der Waals surface area contributed by atoms with E-state index < -0.39 is 0 Å². The molecule has 2 nitrogen and oxygen atoms in total. The van der Waals surface area contributed by atoms with Gasteiger partial charge in [-0.25, -0.2) is 4.39 Å². The molecule has 0 unspecified atom stereocenters. The van der Waals surface area contributed by atoms with Crippen LogP contribution in [0.15, 0.2) is 12.1 Å². The zero-order chi connectivity index (χ0) is 13.0. The van der Waals surface area contributed by atoms with E-state index >= 15 is 0 Å². The third-order valence-corrected chi connectivity index (χ3v) is 3.43. The van der Waals surface area contributed by atoms with Crippen LogP contribution in [-0.4, -0.2) is 13.2 Å². The van der Waals surface area contributed by atoms with Crippen molar-refractivity contribution in [3.05, 3.63) is 28.5 Å². The van der Waals surface area contributed by atoms with E-state index in [4.69, 9.17) is 22.1 Å². The molecule has 1 aliphatic carbocycles. The van der Waals surface area contributed by atoms with Gasteiger partial charge >= 0.3 is 0 Å². The van der Waals surface area contributed by atoms with Crippen molar-refractivity contribution in [3.8, 4) is 5.75 Å². The van der Waals surface area contributed by atoms with Crippen LogP contribution in [0.3, 0.4) is 0 Å². The van der Waals surface area contributed by atoms with Crippen molar-refractivity contribution in [2.24, 2.45) is 11.7 Å². The van der Waals surface area contributed by atoms with Gasteiger partial charge in [-0.3, -0.25) is 0 Å². The van der Waals surface area contributed by atoms with Crippen LogP contribution in [0, 0.1) is 11.7 Å². The summed E-state index contributed by atoms with van der Waals surface area (Å²) in [6.45, 7) is 1.34. The Balaban J connectivity index is 2.06. The largest absolute Gasteiger partial charge is 0.491 e. The highest BCUT2D eigenvalue weighted by Crippen LogP contribution is 2.34. The summed E-state index contributed by atoms with van der Waals surface area (Å²) >= 11 is 6.06. The van der Waals surface area contributed by atoms with E-state index in [1.54, 1.807) is 0 Å². The quantitative estimate of drug-likeness (QED) is 0.770. The van der Waals surface area contributed by atoms with Gasteiger partial charge in [0, 0.05) is 0 Å². The molecule has 0 saturated heterocycles. The fraction of sp³-hybridized carbons (Fsp3) is 0.571. The second kappa shape index (κ2) is 6.39. The van der Waals surface area contributed by atoms with E-state index in [-0.39, 0.29) is 5.82 Å². The number of hydrogen-bond donors (Lipinski definition) is 1. The minimum atomic E-state index is -0.304. The molecule has 0 amide bonds. The molecular formula is C14H19ClFNO. The predicted molar refractivity (Wildman–Crippen MR) is 71.6 cm³/mol. The standard InChI is InChI=1S/C14H19ClFNO/c15-13-8-12(16)7-11(3-1-2-6-17)14(13)18-9-10-4-5-10/h7-8,10H,1-6,9,17H2. The Morgan fingerprint density at radius 1 is 1.33 bits per heavy atom. The number of rotatable bonds is 7. The van der Waals surface area contributed by atoms with Gasteiger partial charge in [-0.05, 0) is 62.3 Å². The molecular weight excluding hydrogens is 253 g/mol. The summed E-state index contributed by atoms with van der Waals surface area (Å²) < 4.78 is 19.1.